The number of hydrogen-bond donors (Lipinski definition) is 0. The van der Waals surface area contributed by atoms with Crippen LogP contribution in [-0.4, -0.2) is 14.5 Å². The Balaban J connectivity index is 1.29. The molecule has 210 valence electrons. The molecule has 0 aliphatic rings. The van der Waals surface area contributed by atoms with Gasteiger partial charge in [-0.1, -0.05) is 42.5 Å². The van der Waals surface area contributed by atoms with E-state index < -0.39 is 11.7 Å². The van der Waals surface area contributed by atoms with Crippen LogP contribution in [0.25, 0.3) is 80.6 Å². The summed E-state index contributed by atoms with van der Waals surface area (Å²) >= 11 is 1.78. The highest BCUT2D eigenvalue weighted by atomic mass is 32.1. The average Bonchev–Trinajstić information content (AvgIpc) is 3.58. The van der Waals surface area contributed by atoms with E-state index in [2.05, 4.69) is 60.7 Å². The summed E-state index contributed by atoms with van der Waals surface area (Å²) in [6, 6.07) is 34.8. The van der Waals surface area contributed by atoms with E-state index in [1.54, 1.807) is 23.7 Å². The van der Waals surface area contributed by atoms with Gasteiger partial charge in [-0.3, -0.25) is 9.97 Å². The Hall–Kier alpha value is -5.27. The van der Waals surface area contributed by atoms with Gasteiger partial charge in [-0.05, 0) is 77.7 Å². The van der Waals surface area contributed by atoms with Gasteiger partial charge < -0.3 is 4.57 Å². The first kappa shape index (κ1) is 25.2. The predicted octanol–water partition coefficient (Wildman–Crippen LogP) is 10.9. The van der Waals surface area contributed by atoms with Crippen molar-refractivity contribution in [1.29, 1.82) is 0 Å². The van der Waals surface area contributed by atoms with Gasteiger partial charge in [0.1, 0.15) is 0 Å². The van der Waals surface area contributed by atoms with Gasteiger partial charge in [0.2, 0.25) is 0 Å². The lowest BCUT2D eigenvalue weighted by Crippen LogP contribution is -2.05. The smallest absolute Gasteiger partial charge is 0.309 e. The molecule has 9 rings (SSSR count). The molecular weight excluding hydrogens is 575 g/mol. The van der Waals surface area contributed by atoms with Gasteiger partial charge in [-0.15, -0.1) is 11.3 Å². The van der Waals surface area contributed by atoms with Gasteiger partial charge in [0.05, 0.1) is 27.6 Å². The Labute approximate surface area is 252 Å². The molecule has 44 heavy (non-hydrogen) atoms. The average molecular weight is 596 g/mol. The first-order valence-electron chi connectivity index (χ1n) is 14.1. The number of rotatable bonds is 2. The van der Waals surface area contributed by atoms with Crippen LogP contribution >= 0.6 is 11.3 Å². The summed E-state index contributed by atoms with van der Waals surface area (Å²) in [5.41, 5.74) is 5.50. The van der Waals surface area contributed by atoms with Crippen molar-refractivity contribution in [3.63, 3.8) is 0 Å². The summed E-state index contributed by atoms with van der Waals surface area (Å²) in [4.78, 5) is 9.59. The molecule has 0 bridgehead atoms. The first-order chi connectivity index (χ1) is 21.4. The Kier molecular flexibility index (Phi) is 5.23. The molecule has 0 spiro atoms. The van der Waals surface area contributed by atoms with Gasteiger partial charge in [0, 0.05) is 60.0 Å². The predicted molar refractivity (Wildman–Crippen MR) is 175 cm³/mol. The minimum absolute atomic E-state index is 0.665. The second-order valence-electron chi connectivity index (χ2n) is 11.0. The fraction of sp³-hybridized carbons (Fsp3) is 0.0270. The van der Waals surface area contributed by atoms with Gasteiger partial charge in [-0.2, -0.15) is 13.2 Å². The zero-order valence-electron chi connectivity index (χ0n) is 22.9. The van der Waals surface area contributed by atoms with Crippen LogP contribution in [0.1, 0.15) is 5.56 Å². The fourth-order valence-electron chi connectivity index (χ4n) is 6.51. The maximum absolute atomic E-state index is 13.3. The van der Waals surface area contributed by atoms with Gasteiger partial charge in [0.25, 0.3) is 0 Å². The number of hydrogen-bond acceptors (Lipinski definition) is 3. The van der Waals surface area contributed by atoms with Crippen LogP contribution in [0.15, 0.2) is 122 Å². The van der Waals surface area contributed by atoms with Crippen molar-refractivity contribution in [2.45, 2.75) is 6.18 Å². The van der Waals surface area contributed by atoms with E-state index in [0.29, 0.717) is 5.69 Å². The standard InChI is InChI=1S/C37H20F3N3S/c38-37(39,40)23-10-12-24(13-11-23)43-31-7-3-1-5-25(31)29-17-21(9-14-32(29)43)27-18-22-19-30-26-6-2-4-8-33(26)44-34(30)20-28(22)36-35(27)41-15-16-42-36/h1-20H. The normalized spacial score (nSPS) is 12.4. The Morgan fingerprint density at radius 2 is 1.30 bits per heavy atom. The third kappa shape index (κ3) is 3.69. The highest BCUT2D eigenvalue weighted by molar-refractivity contribution is 7.25. The number of alkyl halides is 3. The molecule has 0 amide bonds. The monoisotopic (exact) mass is 595 g/mol. The summed E-state index contributed by atoms with van der Waals surface area (Å²) in [6.07, 6.45) is -0.922. The van der Waals surface area contributed by atoms with Crippen LogP contribution in [0.3, 0.4) is 0 Å². The van der Waals surface area contributed by atoms with Crippen LogP contribution in [0.5, 0.6) is 0 Å². The van der Waals surface area contributed by atoms with Crippen LogP contribution in [-0.2, 0) is 6.18 Å². The Morgan fingerprint density at radius 1 is 0.568 bits per heavy atom. The first-order valence-corrected chi connectivity index (χ1v) is 15.0. The third-order valence-corrected chi connectivity index (χ3v) is 9.63. The molecule has 0 fully saturated rings. The molecule has 0 aliphatic heterocycles. The minimum Gasteiger partial charge on any atom is -0.309 e. The van der Waals surface area contributed by atoms with Crippen LogP contribution in [0.4, 0.5) is 13.2 Å². The number of benzene rings is 6. The molecule has 7 heteroatoms. The number of nitrogens with zero attached hydrogens (tertiary/aromatic N) is 3. The maximum Gasteiger partial charge on any atom is 0.416 e. The van der Waals surface area contributed by atoms with Crippen molar-refractivity contribution in [1.82, 2.24) is 14.5 Å². The van der Waals surface area contributed by atoms with Crippen molar-refractivity contribution in [2.75, 3.05) is 0 Å². The Morgan fingerprint density at radius 3 is 2.11 bits per heavy atom. The quantitative estimate of drug-likeness (QED) is 0.186. The molecule has 3 aromatic heterocycles. The molecule has 0 saturated carbocycles. The molecule has 3 nitrogen and oxygen atoms in total. The molecule has 0 atom stereocenters. The van der Waals surface area contributed by atoms with E-state index in [4.69, 9.17) is 9.97 Å². The number of aromatic nitrogens is 3. The topological polar surface area (TPSA) is 30.7 Å². The summed E-state index contributed by atoms with van der Waals surface area (Å²) < 4.78 is 44.4. The van der Waals surface area contributed by atoms with Gasteiger partial charge in [-0.25, -0.2) is 0 Å². The molecule has 0 N–H and O–H groups in total. The van der Waals surface area contributed by atoms with E-state index in [1.165, 1.54) is 32.3 Å². The molecule has 0 aliphatic carbocycles. The van der Waals surface area contributed by atoms with Gasteiger partial charge in [0.15, 0.2) is 0 Å². The molecule has 6 aromatic carbocycles. The van der Waals surface area contributed by atoms with E-state index in [1.807, 2.05) is 28.8 Å². The number of para-hydroxylation sites is 1. The van der Waals surface area contributed by atoms with Crippen LogP contribution in [0.2, 0.25) is 0 Å². The van der Waals surface area contributed by atoms with E-state index >= 15 is 0 Å². The lowest BCUT2D eigenvalue weighted by molar-refractivity contribution is -0.137. The lowest BCUT2D eigenvalue weighted by Gasteiger charge is -2.12. The van der Waals surface area contributed by atoms with Crippen molar-refractivity contribution in [3.05, 3.63) is 127 Å². The molecule has 0 unspecified atom stereocenters. The molecular formula is C37H20F3N3S. The SMILES string of the molecule is FC(F)(F)c1ccc(-n2c3ccccc3c3cc(-c4cc5cc6c(cc5c5nccnc45)sc4ccccc46)ccc32)cc1. The lowest BCUT2D eigenvalue weighted by atomic mass is 9.96. The summed E-state index contributed by atoms with van der Waals surface area (Å²) in [7, 11) is 0. The second-order valence-corrected chi connectivity index (χ2v) is 12.1. The molecule has 9 aromatic rings. The van der Waals surface area contributed by atoms with Crippen molar-refractivity contribution >= 4 is 75.1 Å². The summed E-state index contributed by atoms with van der Waals surface area (Å²) in [5, 5.41) is 6.66. The van der Waals surface area contributed by atoms with Crippen molar-refractivity contribution in [3.8, 4) is 16.8 Å². The number of thiophene rings is 1. The zero-order valence-corrected chi connectivity index (χ0v) is 23.7. The van der Waals surface area contributed by atoms with Crippen molar-refractivity contribution < 1.29 is 13.2 Å². The van der Waals surface area contributed by atoms with Crippen LogP contribution in [0, 0.1) is 0 Å². The minimum atomic E-state index is -4.39. The van der Waals surface area contributed by atoms with Crippen LogP contribution < -0.4 is 0 Å². The number of halogens is 3. The fourth-order valence-corrected chi connectivity index (χ4v) is 7.63. The molecule has 0 radical (unpaired) electrons. The largest absolute Gasteiger partial charge is 0.416 e. The Bertz CT molecular complexity index is 2600. The molecule has 3 heterocycles. The highest BCUT2D eigenvalue weighted by Gasteiger charge is 2.30. The third-order valence-electron chi connectivity index (χ3n) is 8.49. The molecule has 0 saturated heterocycles. The van der Waals surface area contributed by atoms with E-state index in [0.717, 1.165) is 66.9 Å². The van der Waals surface area contributed by atoms with E-state index in [-0.39, 0.29) is 0 Å². The number of fused-ring (bicyclic) bond motifs is 9. The second kappa shape index (κ2) is 9.11. The zero-order chi connectivity index (χ0) is 29.6. The van der Waals surface area contributed by atoms with E-state index in [9.17, 15) is 13.2 Å². The summed E-state index contributed by atoms with van der Waals surface area (Å²) in [6.45, 7) is 0. The summed E-state index contributed by atoms with van der Waals surface area (Å²) in [5.74, 6) is 0. The van der Waals surface area contributed by atoms with Gasteiger partial charge >= 0.3 is 6.18 Å². The maximum atomic E-state index is 13.3. The van der Waals surface area contributed by atoms with Crippen molar-refractivity contribution in [2.24, 2.45) is 0 Å². The highest BCUT2D eigenvalue weighted by Crippen LogP contribution is 2.42.